The van der Waals surface area contributed by atoms with E-state index in [9.17, 15) is 14.4 Å². The van der Waals surface area contributed by atoms with E-state index in [0.29, 0.717) is 13.0 Å². The standard InChI is InChI=1S/C18H33N3O3/c1-4-11-21(15(5-2)13-22)18(24)17(20-16(23)12-19-3)14-9-7-6-8-10-14/h13-15,17,19H,4-12H2,1-3H3,(H,20,23). The van der Waals surface area contributed by atoms with Crippen LogP contribution in [0.2, 0.25) is 0 Å². The zero-order valence-corrected chi connectivity index (χ0v) is 15.3. The van der Waals surface area contributed by atoms with E-state index < -0.39 is 12.1 Å². The molecule has 2 atom stereocenters. The van der Waals surface area contributed by atoms with Crippen LogP contribution in [0.5, 0.6) is 0 Å². The van der Waals surface area contributed by atoms with Gasteiger partial charge in [0.1, 0.15) is 12.3 Å². The Morgan fingerprint density at radius 1 is 1.21 bits per heavy atom. The van der Waals surface area contributed by atoms with Crippen LogP contribution in [0.1, 0.15) is 58.8 Å². The second-order valence-corrected chi connectivity index (χ2v) is 6.62. The van der Waals surface area contributed by atoms with E-state index in [0.717, 1.165) is 38.4 Å². The molecule has 1 aliphatic rings. The molecule has 0 heterocycles. The van der Waals surface area contributed by atoms with E-state index in [1.165, 1.54) is 6.42 Å². The SMILES string of the molecule is CCCN(C(=O)C(NC(=O)CNC)C1CCCCC1)C(C=O)CC. The predicted molar refractivity (Wildman–Crippen MR) is 94.6 cm³/mol. The quantitative estimate of drug-likeness (QED) is 0.591. The summed E-state index contributed by atoms with van der Waals surface area (Å²) in [5, 5.41) is 5.74. The van der Waals surface area contributed by atoms with Crippen LogP contribution >= 0.6 is 0 Å². The van der Waals surface area contributed by atoms with Gasteiger partial charge in [0.2, 0.25) is 11.8 Å². The van der Waals surface area contributed by atoms with Crippen molar-refractivity contribution in [3.8, 4) is 0 Å². The number of nitrogens with zero attached hydrogens (tertiary/aromatic N) is 1. The maximum Gasteiger partial charge on any atom is 0.246 e. The van der Waals surface area contributed by atoms with Crippen LogP contribution in [0, 0.1) is 5.92 Å². The Hall–Kier alpha value is -1.43. The largest absolute Gasteiger partial charge is 0.343 e. The van der Waals surface area contributed by atoms with Crippen LogP contribution in [0.25, 0.3) is 0 Å². The summed E-state index contributed by atoms with van der Waals surface area (Å²) in [5.74, 6) is -0.111. The van der Waals surface area contributed by atoms with Crippen molar-refractivity contribution in [2.24, 2.45) is 5.92 Å². The molecule has 0 aromatic rings. The number of aldehydes is 1. The summed E-state index contributed by atoms with van der Waals surface area (Å²) in [6.45, 7) is 4.63. The van der Waals surface area contributed by atoms with E-state index in [1.807, 2.05) is 13.8 Å². The molecule has 0 aromatic carbocycles. The molecular weight excluding hydrogens is 306 g/mol. The maximum atomic E-state index is 13.2. The third-order valence-electron chi connectivity index (χ3n) is 4.76. The summed E-state index contributed by atoms with van der Waals surface area (Å²) >= 11 is 0. The highest BCUT2D eigenvalue weighted by Gasteiger charge is 2.35. The fourth-order valence-corrected chi connectivity index (χ4v) is 3.48. The van der Waals surface area contributed by atoms with Crippen LogP contribution in [0.3, 0.4) is 0 Å². The number of carbonyl (C=O) groups is 3. The van der Waals surface area contributed by atoms with Crippen LogP contribution in [-0.2, 0) is 14.4 Å². The highest BCUT2D eigenvalue weighted by atomic mass is 16.2. The minimum absolute atomic E-state index is 0.104. The van der Waals surface area contributed by atoms with E-state index in [4.69, 9.17) is 0 Å². The smallest absolute Gasteiger partial charge is 0.246 e. The van der Waals surface area contributed by atoms with Crippen LogP contribution in [-0.4, -0.2) is 55.2 Å². The molecule has 1 fully saturated rings. The number of rotatable bonds is 10. The van der Waals surface area contributed by atoms with Crippen LogP contribution in [0.15, 0.2) is 0 Å². The molecule has 2 unspecified atom stereocenters. The molecule has 0 bridgehead atoms. The first kappa shape index (κ1) is 20.6. The summed E-state index contributed by atoms with van der Waals surface area (Å²) in [7, 11) is 1.71. The fourth-order valence-electron chi connectivity index (χ4n) is 3.48. The lowest BCUT2D eigenvalue weighted by atomic mass is 9.83. The Bertz CT molecular complexity index is 408. The molecule has 1 rings (SSSR count). The van der Waals surface area contributed by atoms with Gasteiger partial charge in [-0.1, -0.05) is 33.1 Å². The molecule has 1 aliphatic carbocycles. The third-order valence-corrected chi connectivity index (χ3v) is 4.76. The molecule has 0 radical (unpaired) electrons. The normalized spacial score (nSPS) is 17.8. The number of likely N-dealkylation sites (N-methyl/N-ethyl adjacent to an activating group) is 1. The van der Waals surface area contributed by atoms with E-state index in [1.54, 1.807) is 11.9 Å². The number of amides is 2. The molecule has 1 saturated carbocycles. The van der Waals surface area contributed by atoms with Gasteiger partial charge in [-0.3, -0.25) is 9.59 Å². The second kappa shape index (κ2) is 11.2. The molecule has 6 heteroatoms. The minimum atomic E-state index is -0.522. The van der Waals surface area contributed by atoms with Gasteiger partial charge in [-0.05, 0) is 38.6 Å². The van der Waals surface area contributed by atoms with Gasteiger partial charge in [-0.25, -0.2) is 0 Å². The van der Waals surface area contributed by atoms with Crippen LogP contribution < -0.4 is 10.6 Å². The van der Waals surface area contributed by atoms with Crippen molar-refractivity contribution in [3.63, 3.8) is 0 Å². The molecular formula is C18H33N3O3. The first-order valence-corrected chi connectivity index (χ1v) is 9.28. The van der Waals surface area contributed by atoms with E-state index in [2.05, 4.69) is 10.6 Å². The van der Waals surface area contributed by atoms with Gasteiger partial charge >= 0.3 is 0 Å². The average Bonchev–Trinajstić information content (AvgIpc) is 2.60. The average molecular weight is 339 g/mol. The Balaban J connectivity index is 2.97. The highest BCUT2D eigenvalue weighted by molar-refractivity contribution is 5.90. The fraction of sp³-hybridized carbons (Fsp3) is 0.833. The van der Waals surface area contributed by atoms with Gasteiger partial charge in [0.05, 0.1) is 12.6 Å². The van der Waals surface area contributed by atoms with Gasteiger partial charge in [-0.2, -0.15) is 0 Å². The summed E-state index contributed by atoms with van der Waals surface area (Å²) in [6.07, 6.45) is 7.51. The molecule has 6 nitrogen and oxygen atoms in total. The first-order chi connectivity index (χ1) is 11.6. The van der Waals surface area contributed by atoms with Gasteiger partial charge < -0.3 is 20.3 Å². The van der Waals surface area contributed by atoms with Crippen molar-refractivity contribution >= 4 is 18.1 Å². The Morgan fingerprint density at radius 3 is 2.38 bits per heavy atom. The zero-order valence-electron chi connectivity index (χ0n) is 15.3. The molecule has 0 saturated heterocycles. The summed E-state index contributed by atoms with van der Waals surface area (Å²) in [6, 6.07) is -0.934. The van der Waals surface area contributed by atoms with Crippen molar-refractivity contribution < 1.29 is 14.4 Å². The molecule has 0 aromatic heterocycles. The Labute approximate surface area is 145 Å². The molecule has 138 valence electrons. The number of hydrogen-bond acceptors (Lipinski definition) is 4. The predicted octanol–water partition coefficient (Wildman–Crippen LogP) is 1.49. The maximum absolute atomic E-state index is 13.2. The van der Waals surface area contributed by atoms with E-state index in [-0.39, 0.29) is 24.3 Å². The minimum Gasteiger partial charge on any atom is -0.343 e. The molecule has 0 spiro atoms. The topological polar surface area (TPSA) is 78.5 Å². The van der Waals surface area contributed by atoms with E-state index >= 15 is 0 Å². The van der Waals surface area contributed by atoms with Crippen molar-refractivity contribution in [2.45, 2.75) is 70.9 Å². The number of carbonyl (C=O) groups excluding carboxylic acids is 3. The van der Waals surface area contributed by atoms with Crippen molar-refractivity contribution in [1.82, 2.24) is 15.5 Å². The summed E-state index contributed by atoms with van der Waals surface area (Å²) in [5.41, 5.74) is 0. The van der Waals surface area contributed by atoms with Gasteiger partial charge in [-0.15, -0.1) is 0 Å². The second-order valence-electron chi connectivity index (χ2n) is 6.62. The molecule has 2 amide bonds. The number of hydrogen-bond donors (Lipinski definition) is 2. The number of nitrogens with one attached hydrogen (secondary N) is 2. The Kier molecular flexibility index (Phi) is 9.60. The van der Waals surface area contributed by atoms with Gasteiger partial charge in [0.15, 0.2) is 0 Å². The van der Waals surface area contributed by atoms with Crippen molar-refractivity contribution in [1.29, 1.82) is 0 Å². The highest BCUT2D eigenvalue weighted by Crippen LogP contribution is 2.28. The Morgan fingerprint density at radius 2 is 1.88 bits per heavy atom. The summed E-state index contributed by atoms with van der Waals surface area (Å²) < 4.78 is 0. The molecule has 2 N–H and O–H groups in total. The lowest BCUT2D eigenvalue weighted by Gasteiger charge is -2.36. The van der Waals surface area contributed by atoms with Gasteiger partial charge in [0, 0.05) is 6.54 Å². The van der Waals surface area contributed by atoms with Crippen molar-refractivity contribution in [2.75, 3.05) is 20.1 Å². The monoisotopic (exact) mass is 339 g/mol. The summed E-state index contributed by atoms with van der Waals surface area (Å²) in [4.78, 5) is 38.3. The molecule has 0 aliphatic heterocycles. The van der Waals surface area contributed by atoms with Crippen molar-refractivity contribution in [3.05, 3.63) is 0 Å². The molecule has 24 heavy (non-hydrogen) atoms. The van der Waals surface area contributed by atoms with Crippen LogP contribution in [0.4, 0.5) is 0 Å². The van der Waals surface area contributed by atoms with Gasteiger partial charge in [0.25, 0.3) is 0 Å². The zero-order chi connectivity index (χ0) is 17.9. The lowest BCUT2D eigenvalue weighted by molar-refractivity contribution is -0.142. The lowest BCUT2D eigenvalue weighted by Crippen LogP contribution is -2.56. The first-order valence-electron chi connectivity index (χ1n) is 9.28. The third kappa shape index (κ3) is 5.89.